The number of ether oxygens (including phenoxy) is 3. The molecule has 0 bridgehead atoms. The maximum absolute atomic E-state index is 12.4. The number of hydrogen-bond acceptors (Lipinski definition) is 6. The highest BCUT2D eigenvalue weighted by molar-refractivity contribution is 9.11. The maximum atomic E-state index is 12.4. The third kappa shape index (κ3) is 5.21. The van der Waals surface area contributed by atoms with Gasteiger partial charge in [-0.3, -0.25) is 10.1 Å². The van der Waals surface area contributed by atoms with Crippen molar-refractivity contribution in [3.8, 4) is 28.5 Å². The van der Waals surface area contributed by atoms with Gasteiger partial charge in [0.2, 0.25) is 5.91 Å². The summed E-state index contributed by atoms with van der Waals surface area (Å²) in [5, 5.41) is 5.15. The zero-order valence-corrected chi connectivity index (χ0v) is 20.4. The molecule has 9 heteroatoms. The van der Waals surface area contributed by atoms with Crippen molar-refractivity contribution in [1.29, 1.82) is 0 Å². The second-order valence-electron chi connectivity index (χ2n) is 5.94. The third-order valence-corrected chi connectivity index (χ3v) is 5.87. The molecule has 0 aliphatic heterocycles. The molecule has 0 fully saturated rings. The highest BCUT2D eigenvalue weighted by atomic mass is 79.9. The molecule has 3 aromatic rings. The minimum atomic E-state index is -0.290. The first-order chi connectivity index (χ1) is 14.4. The van der Waals surface area contributed by atoms with Crippen LogP contribution < -0.4 is 19.5 Å². The van der Waals surface area contributed by atoms with Gasteiger partial charge >= 0.3 is 0 Å². The zero-order chi connectivity index (χ0) is 21.7. The molecule has 3 rings (SSSR count). The Hall–Kier alpha value is -2.36. The molecule has 0 atom stereocenters. The fourth-order valence-electron chi connectivity index (χ4n) is 2.69. The van der Waals surface area contributed by atoms with E-state index in [2.05, 4.69) is 42.2 Å². The SMILES string of the molecule is COc1ccc(-c2csc(NC(=O)/C=C/c3cc(Br)cc(Br)c3OC)n2)cc1OC. The highest BCUT2D eigenvalue weighted by Gasteiger charge is 2.11. The molecule has 0 spiro atoms. The number of halogens is 2. The van der Waals surface area contributed by atoms with E-state index in [1.807, 2.05) is 35.7 Å². The molecule has 0 unspecified atom stereocenters. The van der Waals surface area contributed by atoms with E-state index in [0.29, 0.717) is 22.4 Å². The number of thiazole rings is 1. The lowest BCUT2D eigenvalue weighted by Gasteiger charge is -2.08. The van der Waals surface area contributed by atoms with Crippen LogP contribution in [0.3, 0.4) is 0 Å². The number of carbonyl (C=O) groups is 1. The number of nitrogens with one attached hydrogen (secondary N) is 1. The summed E-state index contributed by atoms with van der Waals surface area (Å²) in [6.07, 6.45) is 3.13. The molecule has 156 valence electrons. The van der Waals surface area contributed by atoms with Crippen LogP contribution in [0, 0.1) is 0 Å². The van der Waals surface area contributed by atoms with Gasteiger partial charge in [-0.1, -0.05) is 15.9 Å². The topological polar surface area (TPSA) is 69.7 Å². The Morgan fingerprint density at radius 2 is 1.83 bits per heavy atom. The van der Waals surface area contributed by atoms with Gasteiger partial charge in [0.15, 0.2) is 16.6 Å². The predicted molar refractivity (Wildman–Crippen MR) is 127 cm³/mol. The lowest BCUT2D eigenvalue weighted by molar-refractivity contribution is -0.111. The number of anilines is 1. The lowest BCUT2D eigenvalue weighted by Crippen LogP contribution is -2.07. The molecule has 0 aliphatic carbocycles. The van der Waals surface area contributed by atoms with Crippen molar-refractivity contribution in [1.82, 2.24) is 4.98 Å². The van der Waals surface area contributed by atoms with E-state index in [1.54, 1.807) is 27.4 Å². The van der Waals surface area contributed by atoms with E-state index in [-0.39, 0.29) is 5.91 Å². The summed E-state index contributed by atoms with van der Waals surface area (Å²) in [6, 6.07) is 9.29. The summed E-state index contributed by atoms with van der Waals surface area (Å²) in [7, 11) is 4.75. The average Bonchev–Trinajstić information content (AvgIpc) is 3.19. The van der Waals surface area contributed by atoms with E-state index in [1.165, 1.54) is 17.4 Å². The number of nitrogens with zero attached hydrogens (tertiary/aromatic N) is 1. The summed E-state index contributed by atoms with van der Waals surface area (Å²) in [5.41, 5.74) is 2.36. The smallest absolute Gasteiger partial charge is 0.250 e. The van der Waals surface area contributed by atoms with Crippen LogP contribution in [0.25, 0.3) is 17.3 Å². The van der Waals surface area contributed by atoms with Gasteiger partial charge in [0, 0.05) is 27.1 Å². The second-order valence-corrected chi connectivity index (χ2v) is 8.57. The highest BCUT2D eigenvalue weighted by Crippen LogP contribution is 2.34. The van der Waals surface area contributed by atoms with Crippen LogP contribution in [0.15, 0.2) is 50.7 Å². The standard InChI is InChI=1S/C21H18Br2N2O4S/c1-27-17-6-4-12(9-18(17)28-2)16-11-30-21(24-16)25-19(26)7-5-13-8-14(22)10-15(23)20(13)29-3/h4-11H,1-3H3,(H,24,25,26)/b7-5+. The van der Waals surface area contributed by atoms with Crippen molar-refractivity contribution in [2.45, 2.75) is 0 Å². The molecule has 0 aliphatic rings. The summed E-state index contributed by atoms with van der Waals surface area (Å²) in [6.45, 7) is 0. The minimum Gasteiger partial charge on any atom is -0.495 e. The number of rotatable bonds is 7. The molecule has 1 aromatic heterocycles. The largest absolute Gasteiger partial charge is 0.495 e. The Morgan fingerprint density at radius 3 is 2.53 bits per heavy atom. The molecule has 2 aromatic carbocycles. The quantitative estimate of drug-likeness (QED) is 0.363. The number of carbonyl (C=O) groups excluding carboxylic acids is 1. The van der Waals surface area contributed by atoms with Gasteiger partial charge in [0.25, 0.3) is 0 Å². The number of benzene rings is 2. The van der Waals surface area contributed by atoms with Crippen LogP contribution in [0.5, 0.6) is 17.2 Å². The Balaban J connectivity index is 1.74. The first-order valence-electron chi connectivity index (χ1n) is 8.65. The number of hydrogen-bond donors (Lipinski definition) is 1. The van der Waals surface area contributed by atoms with Crippen LogP contribution in [0.2, 0.25) is 0 Å². The van der Waals surface area contributed by atoms with E-state index in [4.69, 9.17) is 14.2 Å². The van der Waals surface area contributed by atoms with Crippen LogP contribution >= 0.6 is 43.2 Å². The maximum Gasteiger partial charge on any atom is 0.250 e. The number of aromatic nitrogens is 1. The Bertz CT molecular complexity index is 1100. The van der Waals surface area contributed by atoms with Crippen LogP contribution in [-0.2, 0) is 4.79 Å². The van der Waals surface area contributed by atoms with E-state index < -0.39 is 0 Å². The number of methoxy groups -OCH3 is 3. The molecular weight excluding hydrogens is 536 g/mol. The Morgan fingerprint density at radius 1 is 1.07 bits per heavy atom. The Labute approximate surface area is 195 Å². The lowest BCUT2D eigenvalue weighted by atomic mass is 10.1. The molecular formula is C21H18Br2N2O4S. The molecule has 0 saturated heterocycles. The monoisotopic (exact) mass is 552 g/mol. The van der Waals surface area contributed by atoms with Crippen LogP contribution in [0.1, 0.15) is 5.56 Å². The minimum absolute atomic E-state index is 0.290. The van der Waals surface area contributed by atoms with Crippen molar-refractivity contribution in [2.75, 3.05) is 26.6 Å². The molecule has 30 heavy (non-hydrogen) atoms. The molecule has 0 saturated carbocycles. The summed E-state index contributed by atoms with van der Waals surface area (Å²) < 4.78 is 17.6. The van der Waals surface area contributed by atoms with Gasteiger partial charge in [0.05, 0.1) is 31.5 Å². The molecule has 1 amide bonds. The summed E-state index contributed by atoms with van der Waals surface area (Å²) in [4.78, 5) is 16.8. The van der Waals surface area contributed by atoms with Crippen molar-refractivity contribution in [2.24, 2.45) is 0 Å². The molecule has 1 heterocycles. The summed E-state index contributed by atoms with van der Waals surface area (Å²) in [5.74, 6) is 1.61. The Kier molecular flexibility index (Phi) is 7.52. The van der Waals surface area contributed by atoms with Gasteiger partial charge in [-0.15, -0.1) is 11.3 Å². The molecule has 0 radical (unpaired) electrons. The van der Waals surface area contributed by atoms with Crippen molar-refractivity contribution >= 4 is 60.3 Å². The predicted octanol–water partition coefficient (Wildman–Crippen LogP) is 6.01. The fourth-order valence-corrected chi connectivity index (χ4v) is 4.83. The normalized spacial score (nSPS) is 10.8. The molecule has 1 N–H and O–H groups in total. The van der Waals surface area contributed by atoms with Crippen LogP contribution in [-0.4, -0.2) is 32.2 Å². The molecule has 6 nitrogen and oxygen atoms in total. The van der Waals surface area contributed by atoms with Gasteiger partial charge in [-0.25, -0.2) is 4.98 Å². The number of amides is 1. The van der Waals surface area contributed by atoms with E-state index >= 15 is 0 Å². The van der Waals surface area contributed by atoms with E-state index in [0.717, 1.165) is 25.8 Å². The van der Waals surface area contributed by atoms with Gasteiger partial charge < -0.3 is 14.2 Å². The first kappa shape index (κ1) is 22.3. The van der Waals surface area contributed by atoms with Gasteiger partial charge in [0.1, 0.15) is 5.75 Å². The summed E-state index contributed by atoms with van der Waals surface area (Å²) >= 11 is 8.23. The van der Waals surface area contributed by atoms with Crippen molar-refractivity contribution in [3.63, 3.8) is 0 Å². The third-order valence-electron chi connectivity index (χ3n) is 4.07. The average molecular weight is 554 g/mol. The second kappa shape index (κ2) is 10.1. The zero-order valence-electron chi connectivity index (χ0n) is 16.4. The van der Waals surface area contributed by atoms with Gasteiger partial charge in [-0.05, 0) is 52.3 Å². The van der Waals surface area contributed by atoms with Gasteiger partial charge in [-0.2, -0.15) is 0 Å². The van der Waals surface area contributed by atoms with Crippen molar-refractivity contribution < 1.29 is 19.0 Å². The van der Waals surface area contributed by atoms with Crippen molar-refractivity contribution in [3.05, 3.63) is 56.3 Å². The van der Waals surface area contributed by atoms with E-state index in [9.17, 15) is 4.79 Å². The van der Waals surface area contributed by atoms with Crippen LogP contribution in [0.4, 0.5) is 5.13 Å². The first-order valence-corrected chi connectivity index (χ1v) is 11.1. The fraction of sp³-hybridized carbons (Fsp3) is 0.143.